The van der Waals surface area contributed by atoms with Crippen LogP contribution in [0.15, 0.2) is 212 Å². The minimum atomic E-state index is -1.48. The second-order valence-electron chi connectivity index (χ2n) is 25.4. The topological polar surface area (TPSA) is 9.23 Å². The molecule has 99 heavy (non-hydrogen) atoms. The lowest BCUT2D eigenvalue weighted by Crippen LogP contribution is -2.06. The van der Waals surface area contributed by atoms with Crippen molar-refractivity contribution in [3.63, 3.8) is 0 Å². The van der Waals surface area contributed by atoms with Gasteiger partial charge in [0.1, 0.15) is 5.82 Å². The smallest absolute Gasteiger partial charge is 0.201 e. The van der Waals surface area contributed by atoms with Crippen LogP contribution in [0.5, 0.6) is 5.75 Å². The lowest BCUT2D eigenvalue weighted by Gasteiger charge is -2.22. The van der Waals surface area contributed by atoms with Crippen molar-refractivity contribution in [1.82, 2.24) is 0 Å². The summed E-state index contributed by atoms with van der Waals surface area (Å²) in [6.45, 7) is 19.2. The van der Waals surface area contributed by atoms with Gasteiger partial charge in [-0.05, 0) is 179 Å². The third-order valence-electron chi connectivity index (χ3n) is 18.2. The molecular formula is C89H95F9O. The molecule has 1 aliphatic rings. The molecule has 0 saturated carbocycles. The van der Waals surface area contributed by atoms with Crippen LogP contribution in [0.4, 0.5) is 39.5 Å². The van der Waals surface area contributed by atoms with Crippen molar-refractivity contribution in [2.45, 2.75) is 164 Å². The Labute approximate surface area is 582 Å². The van der Waals surface area contributed by atoms with Crippen LogP contribution in [-0.2, 0) is 19.3 Å². The van der Waals surface area contributed by atoms with E-state index in [-0.39, 0.29) is 29.0 Å². The summed E-state index contributed by atoms with van der Waals surface area (Å²) in [5, 5.41) is 5.44. The van der Waals surface area contributed by atoms with Crippen molar-refractivity contribution in [3.05, 3.63) is 297 Å². The summed E-state index contributed by atoms with van der Waals surface area (Å²) < 4.78 is 132. The molecule has 0 heterocycles. The first-order valence-corrected chi connectivity index (χ1v) is 35.3. The Morgan fingerprint density at radius 3 is 1.53 bits per heavy atom. The molecule has 3 unspecified atom stereocenters. The largest absolute Gasteiger partial charge is 0.491 e. The van der Waals surface area contributed by atoms with E-state index in [1.165, 1.54) is 88.2 Å². The number of ether oxygens (including phenoxy) is 1. The van der Waals surface area contributed by atoms with Crippen LogP contribution in [0.2, 0.25) is 0 Å². The van der Waals surface area contributed by atoms with Crippen LogP contribution in [0, 0.1) is 35.0 Å². The molecule has 10 aromatic carbocycles. The Bertz CT molecular complexity index is 4230. The summed E-state index contributed by atoms with van der Waals surface area (Å²) in [6, 6.07) is 61.4. The highest BCUT2D eigenvalue weighted by molar-refractivity contribution is 5.87. The summed E-state index contributed by atoms with van der Waals surface area (Å²) in [5.41, 5.74) is 8.14. The van der Waals surface area contributed by atoms with Gasteiger partial charge in [-0.1, -0.05) is 263 Å². The van der Waals surface area contributed by atoms with Gasteiger partial charge in [0.2, 0.25) is 5.82 Å². The minimum Gasteiger partial charge on any atom is -0.491 e. The zero-order chi connectivity index (χ0) is 71.4. The van der Waals surface area contributed by atoms with Crippen LogP contribution >= 0.6 is 0 Å². The van der Waals surface area contributed by atoms with Gasteiger partial charge < -0.3 is 4.74 Å². The standard InChI is InChI=1S/C24H28F2.C19H18F4O.C18H17F3.2C14H16/c1-3-5-17-7-11-19(12-8-17)21-15-16-22(24(26)23(21)25)20-13-9-18(6-4-2)10-14-20;1-3-5-12-6-8-13(9-7-12)16(20)17(21)14-10-11-15(24-4-2)19(23)18(14)22;1-2-3-4-13-5-7-14(8-6-13)17(20)18(21)15-9-11-16(19)12-10-15;1-3-11(2)13-10-6-8-12-7-4-5-9-14(12)13;1-3-11(2)13-9-8-12-6-4-5-7-14(12)10-13/h7-8,11-13,15-16,18H,3-6,9-10,14H2,1-2H3;6-11H,3-5H2,1-2H3;5-12H,2-4H2,1H3;2*4-11H,3H2,1-2H3/b;17-16+;18-17+;;. The molecule has 1 nitrogen and oxygen atoms in total. The van der Waals surface area contributed by atoms with Crippen molar-refractivity contribution in [3.8, 4) is 16.9 Å². The van der Waals surface area contributed by atoms with Gasteiger partial charge >= 0.3 is 0 Å². The number of aryl methyl sites for hydroxylation is 3. The summed E-state index contributed by atoms with van der Waals surface area (Å²) in [6.07, 6.45) is 16.7. The van der Waals surface area contributed by atoms with E-state index in [2.05, 4.69) is 139 Å². The molecule has 0 spiro atoms. The average Bonchev–Trinajstić information content (AvgIpc) is 0.826. The van der Waals surface area contributed by atoms with E-state index in [0.717, 1.165) is 111 Å². The van der Waals surface area contributed by atoms with E-state index >= 15 is 0 Å². The quantitative estimate of drug-likeness (QED) is 0.0515. The van der Waals surface area contributed by atoms with E-state index in [9.17, 15) is 39.5 Å². The number of hydrogen-bond acceptors (Lipinski definition) is 1. The molecule has 10 heteroatoms. The Kier molecular flexibility index (Phi) is 31.0. The molecule has 0 fully saturated rings. The maximum absolute atomic E-state index is 14.8. The van der Waals surface area contributed by atoms with Gasteiger partial charge in [0.15, 0.2) is 46.5 Å². The van der Waals surface area contributed by atoms with Crippen molar-refractivity contribution in [1.29, 1.82) is 0 Å². The highest BCUT2D eigenvalue weighted by Gasteiger charge is 2.23. The Hall–Kier alpha value is -8.89. The molecule has 10 aromatic rings. The normalized spacial score (nSPS) is 13.7. The zero-order valence-corrected chi connectivity index (χ0v) is 58.9. The van der Waals surface area contributed by atoms with E-state index < -0.39 is 58.0 Å². The maximum Gasteiger partial charge on any atom is 0.201 e. The molecule has 520 valence electrons. The highest BCUT2D eigenvalue weighted by atomic mass is 19.2. The van der Waals surface area contributed by atoms with Crippen molar-refractivity contribution < 1.29 is 44.3 Å². The van der Waals surface area contributed by atoms with Crippen LogP contribution in [0.1, 0.15) is 200 Å². The third kappa shape index (κ3) is 21.8. The first-order chi connectivity index (χ1) is 47.9. The van der Waals surface area contributed by atoms with E-state index in [1.54, 1.807) is 43.3 Å². The highest BCUT2D eigenvalue weighted by Crippen LogP contribution is 2.38. The molecule has 0 aromatic heterocycles. The van der Waals surface area contributed by atoms with E-state index in [1.807, 2.05) is 43.3 Å². The summed E-state index contributed by atoms with van der Waals surface area (Å²) in [4.78, 5) is 0. The van der Waals surface area contributed by atoms with Gasteiger partial charge in [-0.15, -0.1) is 0 Å². The molecule has 0 radical (unpaired) electrons. The molecule has 3 atom stereocenters. The summed E-state index contributed by atoms with van der Waals surface area (Å²) in [7, 11) is 0. The number of halogens is 9. The van der Waals surface area contributed by atoms with Crippen molar-refractivity contribution >= 4 is 50.4 Å². The number of unbranched alkanes of at least 4 members (excludes halogenated alkanes) is 1. The van der Waals surface area contributed by atoms with E-state index in [4.69, 9.17) is 4.74 Å². The van der Waals surface area contributed by atoms with Crippen LogP contribution in [-0.4, -0.2) is 6.61 Å². The predicted molar refractivity (Wildman–Crippen MR) is 399 cm³/mol. The Morgan fingerprint density at radius 2 is 0.970 bits per heavy atom. The number of rotatable bonds is 21. The van der Waals surface area contributed by atoms with Gasteiger partial charge in [0, 0.05) is 27.8 Å². The molecule has 0 bridgehead atoms. The van der Waals surface area contributed by atoms with Gasteiger partial charge in [0.25, 0.3) is 0 Å². The first kappa shape index (κ1) is 77.5. The maximum atomic E-state index is 14.8. The fourth-order valence-electron chi connectivity index (χ4n) is 12.0. The SMILES string of the molecule is CCC(C)c1ccc2ccccc2c1.CCC(C)c1cccc2ccccc12.CCCCc1ccc(/C(F)=C(\F)c2ccc(F)cc2)cc1.CCCc1ccc(-c2ccc(C3=CCC(CCC)CC3)c(F)c2F)cc1.CCCc1ccc(/C(F)=C(\F)c2ccc(OCC)c(F)c2F)cc1. The van der Waals surface area contributed by atoms with Gasteiger partial charge in [-0.3, -0.25) is 0 Å². The Balaban J connectivity index is 0.000000177. The van der Waals surface area contributed by atoms with E-state index in [0.29, 0.717) is 28.9 Å². The molecule has 0 saturated heterocycles. The number of allylic oxidation sites excluding steroid dienone is 2. The number of hydrogen-bond donors (Lipinski definition) is 0. The molecule has 0 amide bonds. The zero-order valence-electron chi connectivity index (χ0n) is 58.9. The number of fused-ring (bicyclic) bond motifs is 2. The monoisotopic (exact) mass is 1350 g/mol. The second kappa shape index (κ2) is 39.6. The van der Waals surface area contributed by atoms with Crippen LogP contribution < -0.4 is 4.74 Å². The van der Waals surface area contributed by atoms with Gasteiger partial charge in [-0.2, -0.15) is 4.39 Å². The lowest BCUT2D eigenvalue weighted by molar-refractivity contribution is 0.313. The van der Waals surface area contributed by atoms with Crippen molar-refractivity contribution in [2.75, 3.05) is 6.61 Å². The fraction of sp³-hybridized carbons (Fsp3) is 0.303. The molecule has 1 aliphatic carbocycles. The Morgan fingerprint density at radius 1 is 0.444 bits per heavy atom. The summed E-state index contributed by atoms with van der Waals surface area (Å²) >= 11 is 0. The summed E-state index contributed by atoms with van der Waals surface area (Å²) in [5.74, 6) is -7.64. The minimum absolute atomic E-state index is 0.0268. The van der Waals surface area contributed by atoms with Crippen LogP contribution in [0.3, 0.4) is 0 Å². The predicted octanol–water partition coefficient (Wildman–Crippen LogP) is 28.3. The number of benzene rings is 10. The molecule has 0 aliphatic heterocycles. The lowest BCUT2D eigenvalue weighted by atomic mass is 9.84. The average molecular weight is 1350 g/mol. The molecule has 11 rings (SSSR count). The van der Waals surface area contributed by atoms with Gasteiger partial charge in [-0.25, -0.2) is 35.1 Å². The first-order valence-electron chi connectivity index (χ1n) is 35.3. The fourth-order valence-corrected chi connectivity index (χ4v) is 12.0. The molecule has 0 N–H and O–H groups in total. The molecular weight excluding hydrogens is 1260 g/mol. The van der Waals surface area contributed by atoms with Crippen LogP contribution in [0.25, 0.3) is 61.6 Å². The third-order valence-corrected chi connectivity index (χ3v) is 18.2. The van der Waals surface area contributed by atoms with Gasteiger partial charge in [0.05, 0.1) is 12.2 Å². The second-order valence-corrected chi connectivity index (χ2v) is 25.4. The van der Waals surface area contributed by atoms with Crippen molar-refractivity contribution in [2.24, 2.45) is 5.92 Å².